The van der Waals surface area contributed by atoms with E-state index in [2.05, 4.69) is 25.7 Å². The van der Waals surface area contributed by atoms with Crippen LogP contribution < -0.4 is 10.6 Å². The summed E-state index contributed by atoms with van der Waals surface area (Å²) < 4.78 is 28.9. The summed E-state index contributed by atoms with van der Waals surface area (Å²) in [4.78, 5) is 8.33. The van der Waals surface area contributed by atoms with Gasteiger partial charge < -0.3 is 10.6 Å². The quantitative estimate of drug-likeness (QED) is 0.881. The molecule has 3 rings (SSSR count). The van der Waals surface area contributed by atoms with Gasteiger partial charge in [-0.25, -0.2) is 13.8 Å². The fraction of sp³-hybridized carbons (Fsp3) is 0.500. The molecule has 0 radical (unpaired) electrons. The van der Waals surface area contributed by atoms with Gasteiger partial charge >= 0.3 is 0 Å². The molecule has 0 aliphatic heterocycles. The minimum Gasteiger partial charge on any atom is -0.372 e. The summed E-state index contributed by atoms with van der Waals surface area (Å²) >= 11 is 0. The van der Waals surface area contributed by atoms with E-state index in [9.17, 15) is 8.78 Å². The van der Waals surface area contributed by atoms with Crippen molar-refractivity contribution >= 4 is 17.5 Å². The molecule has 2 N–H and O–H groups in total. The molecule has 2 aromatic rings. The Morgan fingerprint density at radius 3 is 2.92 bits per heavy atom. The zero-order valence-corrected chi connectivity index (χ0v) is 14.1. The number of nitrogens with one attached hydrogen (secondary N) is 2. The predicted octanol–water partition coefficient (Wildman–Crippen LogP) is 3.39. The number of aromatic nitrogens is 4. The summed E-state index contributed by atoms with van der Waals surface area (Å²) in [6, 6.07) is 1.69. The van der Waals surface area contributed by atoms with Gasteiger partial charge in [-0.2, -0.15) is 15.3 Å². The van der Waals surface area contributed by atoms with Gasteiger partial charge in [-0.15, -0.1) is 0 Å². The van der Waals surface area contributed by atoms with Gasteiger partial charge in [0.25, 0.3) is 0 Å². The molecular weight excluding hydrogens is 328 g/mol. The van der Waals surface area contributed by atoms with Crippen LogP contribution in [0.3, 0.4) is 0 Å². The Balaban J connectivity index is 1.80. The largest absolute Gasteiger partial charge is 0.372 e. The molecule has 25 heavy (non-hydrogen) atoms. The molecule has 1 saturated carbocycles. The molecule has 2 heterocycles. The minimum absolute atomic E-state index is 0.0548. The van der Waals surface area contributed by atoms with E-state index in [-0.39, 0.29) is 18.9 Å². The second-order valence-electron chi connectivity index (χ2n) is 6.16. The lowest BCUT2D eigenvalue weighted by atomic mass is 9.92. The van der Waals surface area contributed by atoms with Crippen molar-refractivity contribution in [3.63, 3.8) is 0 Å². The summed E-state index contributed by atoms with van der Waals surface area (Å²) in [5.41, 5.74) is 1.67. The summed E-state index contributed by atoms with van der Waals surface area (Å²) in [7, 11) is 1.67. The molecule has 1 atom stereocenters. The first-order valence-corrected chi connectivity index (χ1v) is 8.07. The lowest BCUT2D eigenvalue weighted by Gasteiger charge is -2.28. The maximum atomic E-state index is 13.6. The minimum atomic E-state index is -2.63. The zero-order chi connectivity index (χ0) is 18.0. The number of halogens is 2. The van der Waals surface area contributed by atoms with Crippen LogP contribution in [0.5, 0.6) is 0 Å². The van der Waals surface area contributed by atoms with Crippen molar-refractivity contribution < 1.29 is 8.78 Å². The van der Waals surface area contributed by atoms with Gasteiger partial charge in [0.15, 0.2) is 0 Å². The SMILES string of the molecule is CNc1nc(Nc2cn(C3CCCC(F)(F)C3)nc2C)ncc1C#N. The van der Waals surface area contributed by atoms with Crippen molar-refractivity contribution in [2.24, 2.45) is 0 Å². The first-order chi connectivity index (χ1) is 11.9. The second-order valence-corrected chi connectivity index (χ2v) is 6.16. The Morgan fingerprint density at radius 1 is 1.44 bits per heavy atom. The van der Waals surface area contributed by atoms with Crippen LogP contribution in [0.15, 0.2) is 12.4 Å². The Kier molecular flexibility index (Phi) is 4.53. The lowest BCUT2D eigenvalue weighted by molar-refractivity contribution is -0.0512. The summed E-state index contributed by atoms with van der Waals surface area (Å²) in [6.45, 7) is 1.79. The molecule has 0 aromatic carbocycles. The van der Waals surface area contributed by atoms with Crippen molar-refractivity contribution in [1.82, 2.24) is 19.7 Å². The highest BCUT2D eigenvalue weighted by atomic mass is 19.3. The number of hydrogen-bond donors (Lipinski definition) is 2. The molecule has 9 heteroatoms. The highest BCUT2D eigenvalue weighted by Crippen LogP contribution is 2.39. The van der Waals surface area contributed by atoms with Gasteiger partial charge in [-0.3, -0.25) is 4.68 Å². The standard InChI is InChI=1S/C16H19F2N7/c1-10-13(22-15-21-8-11(7-19)14(20-2)23-15)9-25(24-10)12-4-3-5-16(17,18)6-12/h8-9,12H,3-6H2,1-2H3,(H2,20,21,22,23). The Hall–Kier alpha value is -2.76. The second kappa shape index (κ2) is 6.63. The number of rotatable bonds is 4. The van der Waals surface area contributed by atoms with Crippen LogP contribution >= 0.6 is 0 Å². The van der Waals surface area contributed by atoms with Crippen molar-refractivity contribution in [2.45, 2.75) is 44.6 Å². The maximum Gasteiger partial charge on any atom is 0.250 e. The van der Waals surface area contributed by atoms with Crippen LogP contribution in [0.2, 0.25) is 0 Å². The molecule has 1 aliphatic rings. The average Bonchev–Trinajstić information content (AvgIpc) is 2.94. The van der Waals surface area contributed by atoms with Gasteiger partial charge in [-0.05, 0) is 19.8 Å². The predicted molar refractivity (Wildman–Crippen MR) is 89.0 cm³/mol. The van der Waals surface area contributed by atoms with Crippen molar-refractivity contribution in [2.75, 3.05) is 17.7 Å². The van der Waals surface area contributed by atoms with Crippen molar-refractivity contribution in [3.05, 3.63) is 23.7 Å². The molecule has 0 amide bonds. The van der Waals surface area contributed by atoms with E-state index in [1.165, 1.54) is 6.20 Å². The maximum absolute atomic E-state index is 13.6. The molecular formula is C16H19F2N7. The van der Waals surface area contributed by atoms with E-state index in [0.717, 1.165) is 0 Å². The van der Waals surface area contributed by atoms with E-state index in [1.807, 2.05) is 6.07 Å². The van der Waals surface area contributed by atoms with E-state index >= 15 is 0 Å². The molecule has 2 aromatic heterocycles. The van der Waals surface area contributed by atoms with Crippen LogP contribution in [0.1, 0.15) is 43.0 Å². The number of nitrogens with zero attached hydrogens (tertiary/aromatic N) is 5. The summed E-state index contributed by atoms with van der Waals surface area (Å²) in [6.07, 6.45) is 4.06. The highest BCUT2D eigenvalue weighted by Gasteiger charge is 2.37. The third-order valence-corrected chi connectivity index (χ3v) is 4.30. The highest BCUT2D eigenvalue weighted by molar-refractivity contribution is 5.59. The number of aryl methyl sites for hydroxylation is 1. The monoisotopic (exact) mass is 347 g/mol. The zero-order valence-electron chi connectivity index (χ0n) is 14.1. The third-order valence-electron chi connectivity index (χ3n) is 4.30. The van der Waals surface area contributed by atoms with E-state index in [1.54, 1.807) is 24.9 Å². The van der Waals surface area contributed by atoms with Crippen LogP contribution in [0.4, 0.5) is 26.2 Å². The first-order valence-electron chi connectivity index (χ1n) is 8.07. The number of nitriles is 1. The molecule has 1 fully saturated rings. The third kappa shape index (κ3) is 3.68. The summed E-state index contributed by atoms with van der Waals surface area (Å²) in [5.74, 6) is -1.91. The van der Waals surface area contributed by atoms with Gasteiger partial charge in [0, 0.05) is 26.1 Å². The van der Waals surface area contributed by atoms with E-state index in [0.29, 0.717) is 41.6 Å². The number of anilines is 3. The molecule has 0 saturated heterocycles. The molecule has 7 nitrogen and oxygen atoms in total. The first kappa shape index (κ1) is 17.1. The fourth-order valence-electron chi connectivity index (χ4n) is 3.00. The van der Waals surface area contributed by atoms with E-state index in [4.69, 9.17) is 5.26 Å². The van der Waals surface area contributed by atoms with Crippen LogP contribution in [-0.2, 0) is 0 Å². The van der Waals surface area contributed by atoms with Gasteiger partial charge in [0.2, 0.25) is 11.9 Å². The Morgan fingerprint density at radius 2 is 2.24 bits per heavy atom. The number of hydrogen-bond acceptors (Lipinski definition) is 6. The van der Waals surface area contributed by atoms with Gasteiger partial charge in [0.1, 0.15) is 17.5 Å². The molecule has 0 bridgehead atoms. The summed E-state index contributed by atoms with van der Waals surface area (Å²) in [5, 5.41) is 19.2. The topological polar surface area (TPSA) is 91.4 Å². The average molecular weight is 347 g/mol. The van der Waals surface area contributed by atoms with E-state index < -0.39 is 5.92 Å². The molecule has 1 unspecified atom stereocenters. The smallest absolute Gasteiger partial charge is 0.250 e. The molecule has 0 spiro atoms. The normalized spacial score (nSPS) is 19.2. The fourth-order valence-corrected chi connectivity index (χ4v) is 3.00. The van der Waals surface area contributed by atoms with Crippen molar-refractivity contribution in [3.8, 4) is 6.07 Å². The Bertz CT molecular complexity index is 809. The van der Waals surface area contributed by atoms with Gasteiger partial charge in [0.05, 0.1) is 23.6 Å². The molecule has 1 aliphatic carbocycles. The Labute approximate surface area is 144 Å². The number of alkyl halides is 2. The van der Waals surface area contributed by atoms with Crippen molar-refractivity contribution in [1.29, 1.82) is 5.26 Å². The molecule has 132 valence electrons. The van der Waals surface area contributed by atoms with Gasteiger partial charge in [-0.1, -0.05) is 0 Å². The van der Waals surface area contributed by atoms with Crippen LogP contribution in [0, 0.1) is 18.3 Å². The lowest BCUT2D eigenvalue weighted by Crippen LogP contribution is -2.28. The van der Waals surface area contributed by atoms with Crippen LogP contribution in [0.25, 0.3) is 0 Å². The van der Waals surface area contributed by atoms with Crippen LogP contribution in [-0.4, -0.2) is 32.7 Å².